The third-order valence-electron chi connectivity index (χ3n) is 7.79. The van der Waals surface area contributed by atoms with E-state index >= 15 is 0 Å². The van der Waals surface area contributed by atoms with E-state index in [1.165, 1.54) is 27.7 Å². The Labute approximate surface area is 288 Å². The summed E-state index contributed by atoms with van der Waals surface area (Å²) in [5.41, 5.74) is 0. The number of carbonyl (C=O) groups excluding carboxylic acids is 2. The normalized spacial score (nSPS) is 12.2. The second-order valence-electron chi connectivity index (χ2n) is 11.2. The highest BCUT2D eigenvalue weighted by atomic mass is 32.1. The molecule has 0 radical (unpaired) electrons. The van der Waals surface area contributed by atoms with E-state index in [1.54, 1.807) is 50.2 Å². The SMILES string of the molecule is CCCCC(CCCCC(Oc1ccc2ccccc2c1)C(=O)Nc1nccs1)C(=O)N(Oc1cc(OC)cc(OC)c1)c1nccs1. The zero-order valence-corrected chi connectivity index (χ0v) is 28.9. The van der Waals surface area contributed by atoms with Crippen LogP contribution < -0.4 is 29.4 Å². The van der Waals surface area contributed by atoms with E-state index in [2.05, 4.69) is 22.2 Å². The first kappa shape index (κ1) is 34.6. The number of fused-ring (bicyclic) bond motifs is 1. The van der Waals surface area contributed by atoms with Crippen LogP contribution in [0.4, 0.5) is 10.3 Å². The van der Waals surface area contributed by atoms with Crippen LogP contribution in [0.2, 0.25) is 0 Å². The lowest BCUT2D eigenvalue weighted by atomic mass is 9.94. The van der Waals surface area contributed by atoms with Crippen molar-refractivity contribution in [2.45, 2.75) is 58.0 Å². The average Bonchev–Trinajstić information content (AvgIpc) is 3.84. The second kappa shape index (κ2) is 17.5. The smallest absolute Gasteiger partial charge is 0.267 e. The molecule has 2 heterocycles. The number of carbonyl (C=O) groups is 2. The van der Waals surface area contributed by atoms with E-state index in [1.807, 2.05) is 47.8 Å². The minimum Gasteiger partial charge on any atom is -0.496 e. The summed E-state index contributed by atoms with van der Waals surface area (Å²) in [6.45, 7) is 2.11. The molecule has 48 heavy (non-hydrogen) atoms. The van der Waals surface area contributed by atoms with Gasteiger partial charge in [-0.25, -0.2) is 9.97 Å². The van der Waals surface area contributed by atoms with Gasteiger partial charge in [0.05, 0.1) is 14.2 Å². The summed E-state index contributed by atoms with van der Waals surface area (Å²) in [7, 11) is 3.12. The Kier molecular flexibility index (Phi) is 12.6. The summed E-state index contributed by atoms with van der Waals surface area (Å²) in [5, 5.41) is 10.9. The zero-order valence-electron chi connectivity index (χ0n) is 27.3. The number of thiazole rings is 2. The highest BCUT2D eigenvalue weighted by Gasteiger charge is 2.29. The molecule has 0 aliphatic heterocycles. The molecular weight excluding hydrogens is 649 g/mol. The van der Waals surface area contributed by atoms with Gasteiger partial charge < -0.3 is 19.0 Å². The summed E-state index contributed by atoms with van der Waals surface area (Å²) < 4.78 is 17.1. The fraction of sp³-hybridized carbons (Fsp3) is 0.333. The van der Waals surface area contributed by atoms with Crippen molar-refractivity contribution in [2.75, 3.05) is 24.6 Å². The quantitative estimate of drug-likeness (QED) is 0.0720. The van der Waals surface area contributed by atoms with Gasteiger partial charge in [-0.3, -0.25) is 14.9 Å². The summed E-state index contributed by atoms with van der Waals surface area (Å²) in [4.78, 5) is 42.3. The maximum absolute atomic E-state index is 14.1. The molecule has 5 aromatic rings. The van der Waals surface area contributed by atoms with Crippen molar-refractivity contribution in [1.29, 1.82) is 0 Å². The molecule has 0 aliphatic carbocycles. The Bertz CT molecular complexity index is 1730. The Morgan fingerprint density at radius 3 is 2.17 bits per heavy atom. The molecule has 0 fully saturated rings. The maximum Gasteiger partial charge on any atom is 0.267 e. The number of methoxy groups -OCH3 is 2. The molecule has 252 valence electrons. The second-order valence-corrected chi connectivity index (χ2v) is 12.9. The van der Waals surface area contributed by atoms with Crippen molar-refractivity contribution < 1.29 is 28.6 Å². The van der Waals surface area contributed by atoms with Crippen LogP contribution in [-0.2, 0) is 9.59 Å². The van der Waals surface area contributed by atoms with Crippen molar-refractivity contribution in [1.82, 2.24) is 9.97 Å². The minimum absolute atomic E-state index is 0.175. The molecular formula is C36H40N4O6S2. The molecule has 0 spiro atoms. The van der Waals surface area contributed by atoms with Crippen LogP contribution in [0.25, 0.3) is 10.8 Å². The Morgan fingerprint density at radius 2 is 1.48 bits per heavy atom. The van der Waals surface area contributed by atoms with Gasteiger partial charge in [0.1, 0.15) is 17.2 Å². The number of unbranched alkanes of at least 4 members (excludes halogenated alkanes) is 2. The summed E-state index contributed by atoms with van der Waals surface area (Å²) in [6.07, 6.45) is 7.55. The average molecular weight is 689 g/mol. The largest absolute Gasteiger partial charge is 0.496 e. The van der Waals surface area contributed by atoms with Crippen LogP contribution in [0.15, 0.2) is 83.8 Å². The number of rotatable bonds is 18. The van der Waals surface area contributed by atoms with Gasteiger partial charge in [0.2, 0.25) is 5.13 Å². The molecule has 2 unspecified atom stereocenters. The van der Waals surface area contributed by atoms with Crippen molar-refractivity contribution in [3.8, 4) is 23.0 Å². The molecule has 1 N–H and O–H groups in total. The number of nitrogens with one attached hydrogen (secondary N) is 1. The summed E-state index contributed by atoms with van der Waals surface area (Å²) in [6, 6.07) is 19.0. The van der Waals surface area contributed by atoms with E-state index in [4.69, 9.17) is 19.0 Å². The number of hydroxylamine groups is 1. The topological polar surface area (TPSA) is 112 Å². The molecule has 10 nitrogen and oxygen atoms in total. The van der Waals surface area contributed by atoms with E-state index in [-0.39, 0.29) is 17.7 Å². The van der Waals surface area contributed by atoms with Gasteiger partial charge in [0, 0.05) is 47.3 Å². The number of aromatic nitrogens is 2. The lowest BCUT2D eigenvalue weighted by molar-refractivity contribution is -0.127. The van der Waals surface area contributed by atoms with Crippen LogP contribution in [0.5, 0.6) is 23.0 Å². The van der Waals surface area contributed by atoms with E-state index < -0.39 is 6.10 Å². The molecule has 0 saturated heterocycles. The maximum atomic E-state index is 14.1. The standard InChI is InChI=1S/C36H40N4O6S2/c1-4-5-10-26(34(42)40(36-38-18-20-48-36)46-31-23-29(43-2)22-30(24-31)44-3)12-8-9-14-32(33(41)39-35-37-17-19-47-35)45-28-16-15-25-11-6-7-13-27(25)21-28/h6-7,11,13,15-24,26,32H,4-5,8-10,12,14H2,1-3H3,(H,37,39,41). The monoisotopic (exact) mass is 688 g/mol. The third-order valence-corrected chi connectivity index (χ3v) is 9.22. The van der Waals surface area contributed by atoms with Crippen LogP contribution in [0.1, 0.15) is 51.9 Å². The Morgan fingerprint density at radius 1 is 0.792 bits per heavy atom. The highest BCUT2D eigenvalue weighted by Crippen LogP contribution is 2.32. The first-order valence-electron chi connectivity index (χ1n) is 16.0. The van der Waals surface area contributed by atoms with Gasteiger partial charge in [-0.1, -0.05) is 56.5 Å². The van der Waals surface area contributed by atoms with Crippen molar-refractivity contribution in [3.05, 3.63) is 83.8 Å². The number of anilines is 2. The molecule has 0 aliphatic rings. The highest BCUT2D eigenvalue weighted by molar-refractivity contribution is 7.14. The predicted octanol–water partition coefficient (Wildman–Crippen LogP) is 8.55. The van der Waals surface area contributed by atoms with Crippen molar-refractivity contribution in [3.63, 3.8) is 0 Å². The van der Waals surface area contributed by atoms with Crippen LogP contribution >= 0.6 is 22.7 Å². The molecule has 2 amide bonds. The molecule has 12 heteroatoms. The lowest BCUT2D eigenvalue weighted by Gasteiger charge is -2.25. The first-order valence-corrected chi connectivity index (χ1v) is 17.7. The van der Waals surface area contributed by atoms with Crippen molar-refractivity contribution >= 4 is 55.5 Å². The number of hydrogen-bond acceptors (Lipinski definition) is 10. The van der Waals surface area contributed by atoms with Crippen molar-refractivity contribution in [2.24, 2.45) is 5.92 Å². The zero-order chi connectivity index (χ0) is 33.7. The van der Waals surface area contributed by atoms with Crippen LogP contribution in [0, 0.1) is 5.92 Å². The van der Waals surface area contributed by atoms with E-state index in [0.29, 0.717) is 65.4 Å². The number of benzene rings is 3. The molecule has 0 bridgehead atoms. The lowest BCUT2D eigenvalue weighted by Crippen LogP contribution is -2.39. The van der Waals surface area contributed by atoms with Crippen LogP contribution in [0.3, 0.4) is 0 Å². The fourth-order valence-electron chi connectivity index (χ4n) is 5.28. The predicted molar refractivity (Wildman–Crippen MR) is 190 cm³/mol. The van der Waals surface area contributed by atoms with Gasteiger partial charge >= 0.3 is 0 Å². The van der Waals surface area contributed by atoms with Gasteiger partial charge in [-0.05, 0) is 48.6 Å². The van der Waals surface area contributed by atoms with Crippen LogP contribution in [-0.4, -0.2) is 42.1 Å². The number of amides is 2. The molecule has 5 rings (SSSR count). The summed E-state index contributed by atoms with van der Waals surface area (Å²) >= 11 is 2.67. The number of nitrogens with zero attached hydrogens (tertiary/aromatic N) is 3. The molecule has 2 atom stereocenters. The Balaban J connectivity index is 1.28. The molecule has 3 aromatic carbocycles. The molecule has 0 saturated carbocycles. The van der Waals surface area contributed by atoms with Gasteiger partial charge in [0.15, 0.2) is 17.0 Å². The molecule has 2 aromatic heterocycles. The van der Waals surface area contributed by atoms with E-state index in [9.17, 15) is 9.59 Å². The Hall–Kier alpha value is -4.68. The summed E-state index contributed by atoms with van der Waals surface area (Å²) in [5.74, 6) is 1.35. The third kappa shape index (κ3) is 9.45. The van der Waals surface area contributed by atoms with Gasteiger partial charge in [-0.2, -0.15) is 0 Å². The van der Waals surface area contributed by atoms with E-state index in [0.717, 1.165) is 23.6 Å². The number of hydrogen-bond donors (Lipinski definition) is 1. The fourth-order valence-corrected chi connectivity index (χ4v) is 6.40. The minimum atomic E-state index is -0.738. The first-order chi connectivity index (χ1) is 23.5. The van der Waals surface area contributed by atoms with Gasteiger partial charge in [-0.15, -0.1) is 27.7 Å². The van der Waals surface area contributed by atoms with Gasteiger partial charge in [0.25, 0.3) is 11.8 Å². The number of ether oxygens (including phenoxy) is 3.